The van der Waals surface area contributed by atoms with Gasteiger partial charge in [0.25, 0.3) is 5.91 Å². The molecule has 0 aliphatic carbocycles. The molecule has 0 saturated carbocycles. The topological polar surface area (TPSA) is 79.2 Å². The van der Waals surface area contributed by atoms with Crippen molar-refractivity contribution in [3.05, 3.63) is 91.0 Å². The number of nitrogens with one attached hydrogen (secondary N) is 1. The molecule has 1 aliphatic heterocycles. The van der Waals surface area contributed by atoms with Crippen LogP contribution in [-0.2, 0) is 0 Å². The number of hydrogen-bond donors (Lipinski definition) is 1. The zero-order chi connectivity index (χ0) is 21.8. The molecule has 0 atom stereocenters. The molecule has 4 aromatic rings. The molecule has 1 aliphatic rings. The maximum Gasteiger partial charge on any atom is 0.253 e. The molecule has 8 nitrogen and oxygen atoms in total. The molecule has 160 valence electrons. The predicted octanol–water partition coefficient (Wildman–Crippen LogP) is 3.37. The van der Waals surface area contributed by atoms with Gasteiger partial charge in [0.2, 0.25) is 0 Å². The minimum Gasteiger partial charge on any atom is -0.352 e. The van der Waals surface area contributed by atoms with Crippen molar-refractivity contribution >= 4 is 23.2 Å². The van der Waals surface area contributed by atoms with Gasteiger partial charge >= 0.3 is 0 Å². The monoisotopic (exact) mass is 425 g/mol. The van der Waals surface area contributed by atoms with Crippen LogP contribution in [0, 0.1) is 0 Å². The zero-order valence-corrected chi connectivity index (χ0v) is 17.5. The van der Waals surface area contributed by atoms with Crippen molar-refractivity contribution in [2.75, 3.05) is 36.4 Å². The number of hydrogen-bond acceptors (Lipinski definition) is 6. The molecule has 1 fully saturated rings. The minimum absolute atomic E-state index is 0.0609. The quantitative estimate of drug-likeness (QED) is 0.528. The van der Waals surface area contributed by atoms with E-state index in [0.29, 0.717) is 24.5 Å². The Morgan fingerprint density at radius 1 is 0.844 bits per heavy atom. The van der Waals surface area contributed by atoms with Gasteiger partial charge in [0, 0.05) is 56.0 Å². The van der Waals surface area contributed by atoms with E-state index in [1.54, 1.807) is 12.4 Å². The van der Waals surface area contributed by atoms with Gasteiger partial charge in [-0.2, -0.15) is 0 Å². The van der Waals surface area contributed by atoms with Crippen LogP contribution < -0.4 is 10.2 Å². The van der Waals surface area contributed by atoms with E-state index in [4.69, 9.17) is 0 Å². The lowest BCUT2D eigenvalue weighted by atomic mass is 10.1. The van der Waals surface area contributed by atoms with Crippen LogP contribution >= 0.6 is 0 Å². The molecule has 5 rings (SSSR count). The highest BCUT2D eigenvalue weighted by Crippen LogP contribution is 2.18. The summed E-state index contributed by atoms with van der Waals surface area (Å²) in [6.45, 7) is 2.74. The van der Waals surface area contributed by atoms with Crippen molar-refractivity contribution in [1.82, 2.24) is 24.6 Å². The van der Waals surface area contributed by atoms with E-state index < -0.39 is 0 Å². The van der Waals surface area contributed by atoms with Gasteiger partial charge in [0.05, 0.1) is 11.9 Å². The largest absolute Gasteiger partial charge is 0.352 e. The standard InChI is InChI=1S/C24H23N7O/c32-24(19-5-7-21(8-6-19)29-12-1-2-13-29)31-16-14-30(15-17-31)23-10-9-22(27-28-23)26-20-4-3-11-25-18-20/h1-13,18H,14-17H2,(H,26,27). The van der Waals surface area contributed by atoms with Gasteiger partial charge < -0.3 is 19.7 Å². The lowest BCUT2D eigenvalue weighted by molar-refractivity contribution is 0.0746. The Kier molecular flexibility index (Phi) is 5.48. The number of carbonyl (C=O) groups excluding carboxylic acids is 1. The van der Waals surface area contributed by atoms with Gasteiger partial charge in [0.1, 0.15) is 0 Å². The number of piperazine rings is 1. The first-order valence-electron chi connectivity index (χ1n) is 10.5. The fraction of sp³-hybridized carbons (Fsp3) is 0.167. The summed E-state index contributed by atoms with van der Waals surface area (Å²) >= 11 is 0. The first-order chi connectivity index (χ1) is 15.8. The molecule has 1 N–H and O–H groups in total. The second-order valence-electron chi connectivity index (χ2n) is 7.56. The third kappa shape index (κ3) is 4.29. The summed E-state index contributed by atoms with van der Waals surface area (Å²) in [6.07, 6.45) is 7.43. The van der Waals surface area contributed by atoms with Crippen molar-refractivity contribution in [1.29, 1.82) is 0 Å². The number of aromatic nitrogens is 4. The maximum absolute atomic E-state index is 12.9. The van der Waals surface area contributed by atoms with Crippen molar-refractivity contribution in [2.24, 2.45) is 0 Å². The van der Waals surface area contributed by atoms with E-state index in [9.17, 15) is 4.79 Å². The number of anilines is 3. The second-order valence-corrected chi connectivity index (χ2v) is 7.56. The van der Waals surface area contributed by atoms with E-state index in [0.717, 1.165) is 30.3 Å². The first kappa shape index (κ1) is 19.7. The van der Waals surface area contributed by atoms with Gasteiger partial charge in [-0.25, -0.2) is 0 Å². The third-order valence-corrected chi connectivity index (χ3v) is 5.49. The fourth-order valence-electron chi connectivity index (χ4n) is 3.75. The Labute approximate surface area is 186 Å². The first-order valence-corrected chi connectivity index (χ1v) is 10.5. The number of amides is 1. The van der Waals surface area contributed by atoms with Crippen LogP contribution in [0.4, 0.5) is 17.3 Å². The number of nitrogens with zero attached hydrogens (tertiary/aromatic N) is 6. The summed E-state index contributed by atoms with van der Waals surface area (Å²) in [5.41, 5.74) is 2.61. The highest BCUT2D eigenvalue weighted by Gasteiger charge is 2.23. The highest BCUT2D eigenvalue weighted by molar-refractivity contribution is 5.94. The van der Waals surface area contributed by atoms with E-state index in [2.05, 4.69) is 25.4 Å². The van der Waals surface area contributed by atoms with E-state index in [1.807, 2.05) is 82.5 Å². The SMILES string of the molecule is O=C(c1ccc(-n2cccc2)cc1)N1CCN(c2ccc(Nc3cccnc3)nn2)CC1. The minimum atomic E-state index is 0.0609. The highest BCUT2D eigenvalue weighted by atomic mass is 16.2. The second kappa shape index (κ2) is 8.89. The van der Waals surface area contributed by atoms with Crippen molar-refractivity contribution < 1.29 is 4.79 Å². The van der Waals surface area contributed by atoms with Gasteiger partial charge in [-0.15, -0.1) is 10.2 Å². The van der Waals surface area contributed by atoms with Crippen molar-refractivity contribution in [3.63, 3.8) is 0 Å². The molecular weight excluding hydrogens is 402 g/mol. The average molecular weight is 425 g/mol. The molecule has 4 heterocycles. The van der Waals surface area contributed by atoms with Crippen LogP contribution in [0.3, 0.4) is 0 Å². The number of carbonyl (C=O) groups is 1. The number of pyridine rings is 1. The molecule has 1 saturated heterocycles. The van der Waals surface area contributed by atoms with Gasteiger partial charge in [-0.05, 0) is 60.7 Å². The average Bonchev–Trinajstić information content (AvgIpc) is 3.40. The van der Waals surface area contributed by atoms with Crippen LogP contribution in [0.2, 0.25) is 0 Å². The fourth-order valence-corrected chi connectivity index (χ4v) is 3.75. The lowest BCUT2D eigenvalue weighted by Gasteiger charge is -2.35. The molecule has 0 bridgehead atoms. The predicted molar refractivity (Wildman–Crippen MR) is 123 cm³/mol. The molecular formula is C24H23N7O. The van der Waals surface area contributed by atoms with Crippen molar-refractivity contribution in [2.45, 2.75) is 0 Å². The normalized spacial score (nSPS) is 13.8. The van der Waals surface area contributed by atoms with Crippen LogP contribution in [0.5, 0.6) is 0 Å². The Bertz CT molecular complexity index is 1150. The van der Waals surface area contributed by atoms with Gasteiger partial charge in [-0.3, -0.25) is 9.78 Å². The van der Waals surface area contributed by atoms with Crippen molar-refractivity contribution in [3.8, 4) is 5.69 Å². The van der Waals surface area contributed by atoms with Crippen LogP contribution in [-0.4, -0.2) is 56.7 Å². The van der Waals surface area contributed by atoms with Gasteiger partial charge in [-0.1, -0.05) is 0 Å². The zero-order valence-electron chi connectivity index (χ0n) is 17.5. The Balaban J connectivity index is 1.17. The summed E-state index contributed by atoms with van der Waals surface area (Å²) in [7, 11) is 0. The molecule has 1 amide bonds. The lowest BCUT2D eigenvalue weighted by Crippen LogP contribution is -2.49. The molecule has 0 radical (unpaired) electrons. The van der Waals surface area contributed by atoms with E-state index in [1.165, 1.54) is 0 Å². The third-order valence-electron chi connectivity index (χ3n) is 5.49. The van der Waals surface area contributed by atoms with E-state index in [-0.39, 0.29) is 5.91 Å². The molecule has 3 aromatic heterocycles. The molecule has 0 spiro atoms. The summed E-state index contributed by atoms with van der Waals surface area (Å²) in [5, 5.41) is 11.8. The Morgan fingerprint density at radius 3 is 2.28 bits per heavy atom. The summed E-state index contributed by atoms with van der Waals surface area (Å²) in [6, 6.07) is 19.3. The molecule has 1 aromatic carbocycles. The summed E-state index contributed by atoms with van der Waals surface area (Å²) in [5.74, 6) is 1.54. The van der Waals surface area contributed by atoms with Gasteiger partial charge in [0.15, 0.2) is 11.6 Å². The van der Waals surface area contributed by atoms with Crippen LogP contribution in [0.25, 0.3) is 5.69 Å². The smallest absolute Gasteiger partial charge is 0.253 e. The maximum atomic E-state index is 12.9. The summed E-state index contributed by atoms with van der Waals surface area (Å²) < 4.78 is 2.02. The molecule has 32 heavy (non-hydrogen) atoms. The van der Waals surface area contributed by atoms with Crippen LogP contribution in [0.15, 0.2) is 85.5 Å². The Hall–Kier alpha value is -4.20. The van der Waals surface area contributed by atoms with E-state index >= 15 is 0 Å². The molecule has 8 heteroatoms. The summed E-state index contributed by atoms with van der Waals surface area (Å²) in [4.78, 5) is 21.0. The Morgan fingerprint density at radius 2 is 1.62 bits per heavy atom. The molecule has 0 unspecified atom stereocenters. The number of benzene rings is 1. The van der Waals surface area contributed by atoms with Crippen LogP contribution in [0.1, 0.15) is 10.4 Å². The number of rotatable bonds is 5.